The summed E-state index contributed by atoms with van der Waals surface area (Å²) in [5.41, 5.74) is -0.133. The van der Waals surface area contributed by atoms with Gasteiger partial charge in [-0.2, -0.15) is 0 Å². The summed E-state index contributed by atoms with van der Waals surface area (Å²) < 4.78 is 0. The normalized spacial score (nSPS) is 30.8. The molecule has 2 N–H and O–H groups in total. The fourth-order valence-electron chi connectivity index (χ4n) is 3.50. The second-order valence-electron chi connectivity index (χ2n) is 6.82. The molecule has 0 atom stereocenters. The summed E-state index contributed by atoms with van der Waals surface area (Å²) in [7, 11) is 0. The fraction of sp³-hybridized carbons (Fsp3) is 0.938. The van der Waals surface area contributed by atoms with Gasteiger partial charge in [0.2, 0.25) is 5.91 Å². The summed E-state index contributed by atoms with van der Waals surface area (Å²) in [4.78, 5) is 12.3. The van der Waals surface area contributed by atoms with Crippen molar-refractivity contribution in [3.05, 3.63) is 0 Å². The number of hydrogen-bond acceptors (Lipinski definition) is 2. The van der Waals surface area contributed by atoms with Gasteiger partial charge >= 0.3 is 0 Å². The van der Waals surface area contributed by atoms with Crippen LogP contribution in [0.3, 0.4) is 0 Å². The highest BCUT2D eigenvalue weighted by molar-refractivity contribution is 5.82. The minimum atomic E-state index is -0.133. The van der Waals surface area contributed by atoms with E-state index in [9.17, 15) is 4.79 Å². The Morgan fingerprint density at radius 3 is 2.32 bits per heavy atom. The van der Waals surface area contributed by atoms with Gasteiger partial charge in [0.25, 0.3) is 0 Å². The van der Waals surface area contributed by atoms with E-state index in [-0.39, 0.29) is 11.3 Å². The zero-order valence-corrected chi connectivity index (χ0v) is 12.6. The first-order valence-electron chi connectivity index (χ1n) is 8.13. The lowest BCUT2D eigenvalue weighted by atomic mass is 9.79. The third-order valence-electron chi connectivity index (χ3n) is 5.35. The monoisotopic (exact) mass is 266 g/mol. The Labute approximate surface area is 117 Å². The molecule has 0 aromatic heterocycles. The summed E-state index contributed by atoms with van der Waals surface area (Å²) >= 11 is 0. The van der Waals surface area contributed by atoms with Crippen molar-refractivity contribution in [3.8, 4) is 0 Å². The average Bonchev–Trinajstić information content (AvgIpc) is 2.46. The van der Waals surface area contributed by atoms with E-state index in [1.165, 1.54) is 32.1 Å². The molecule has 1 heterocycles. The lowest BCUT2D eigenvalue weighted by molar-refractivity contribution is -0.131. The fourth-order valence-corrected chi connectivity index (χ4v) is 3.50. The number of nitrogens with one attached hydrogen (secondary N) is 2. The van der Waals surface area contributed by atoms with Gasteiger partial charge in [-0.1, -0.05) is 33.1 Å². The lowest BCUT2D eigenvalue weighted by Crippen LogP contribution is -2.47. The van der Waals surface area contributed by atoms with E-state index in [1.54, 1.807) is 0 Å². The molecule has 0 aromatic carbocycles. The van der Waals surface area contributed by atoms with Crippen LogP contribution >= 0.6 is 0 Å². The average molecular weight is 266 g/mol. The highest BCUT2D eigenvalue weighted by Crippen LogP contribution is 2.31. The minimum absolute atomic E-state index is 0.133. The number of amides is 1. The van der Waals surface area contributed by atoms with Crippen LogP contribution in [0.5, 0.6) is 0 Å². The first-order valence-corrected chi connectivity index (χ1v) is 8.13. The Morgan fingerprint density at radius 2 is 1.74 bits per heavy atom. The molecular formula is C16H30N2O. The van der Waals surface area contributed by atoms with E-state index in [4.69, 9.17) is 0 Å². The second kappa shape index (κ2) is 6.74. The van der Waals surface area contributed by atoms with Crippen molar-refractivity contribution in [2.75, 3.05) is 19.6 Å². The van der Waals surface area contributed by atoms with E-state index in [2.05, 4.69) is 24.5 Å². The van der Waals surface area contributed by atoms with E-state index >= 15 is 0 Å². The summed E-state index contributed by atoms with van der Waals surface area (Å²) in [6.45, 7) is 7.28. The molecule has 0 spiro atoms. The molecule has 1 amide bonds. The van der Waals surface area contributed by atoms with Crippen molar-refractivity contribution in [1.29, 1.82) is 0 Å². The molecule has 2 aliphatic rings. The van der Waals surface area contributed by atoms with Crippen molar-refractivity contribution in [2.45, 2.75) is 58.8 Å². The third kappa shape index (κ3) is 3.95. The predicted molar refractivity (Wildman–Crippen MR) is 79.0 cm³/mol. The summed E-state index contributed by atoms with van der Waals surface area (Å²) in [6, 6.07) is 0. The van der Waals surface area contributed by atoms with E-state index in [1.807, 2.05) is 0 Å². The molecular weight excluding hydrogens is 236 g/mol. The maximum absolute atomic E-state index is 12.3. The highest BCUT2D eigenvalue weighted by atomic mass is 16.2. The Kier molecular flexibility index (Phi) is 5.26. The van der Waals surface area contributed by atoms with Crippen LogP contribution in [0.1, 0.15) is 58.8 Å². The highest BCUT2D eigenvalue weighted by Gasteiger charge is 2.34. The van der Waals surface area contributed by atoms with Gasteiger partial charge in [-0.05, 0) is 50.6 Å². The first kappa shape index (κ1) is 14.8. The Morgan fingerprint density at radius 1 is 1.16 bits per heavy atom. The van der Waals surface area contributed by atoms with Crippen LogP contribution in [0.4, 0.5) is 0 Å². The molecule has 1 saturated heterocycles. The number of carbonyl (C=O) groups is 1. The lowest BCUT2D eigenvalue weighted by Gasteiger charge is -2.34. The van der Waals surface area contributed by atoms with Gasteiger partial charge in [0, 0.05) is 12.0 Å². The molecule has 0 aromatic rings. The predicted octanol–water partition coefficient (Wildman–Crippen LogP) is 2.71. The number of hydrogen-bond donors (Lipinski definition) is 2. The van der Waals surface area contributed by atoms with Crippen LogP contribution in [-0.4, -0.2) is 25.5 Å². The van der Waals surface area contributed by atoms with Gasteiger partial charge in [0.1, 0.15) is 0 Å². The Hall–Kier alpha value is -0.570. The van der Waals surface area contributed by atoms with Crippen LogP contribution < -0.4 is 10.6 Å². The zero-order valence-electron chi connectivity index (χ0n) is 12.6. The molecule has 0 bridgehead atoms. The van der Waals surface area contributed by atoms with Crippen LogP contribution in [0.2, 0.25) is 0 Å². The first-order chi connectivity index (χ1) is 9.14. The summed E-state index contributed by atoms with van der Waals surface area (Å²) in [6.07, 6.45) is 8.59. The van der Waals surface area contributed by atoms with Crippen LogP contribution in [0, 0.1) is 17.3 Å². The zero-order chi connectivity index (χ0) is 13.7. The molecule has 1 aliphatic heterocycles. The maximum Gasteiger partial charge on any atom is 0.226 e. The van der Waals surface area contributed by atoms with Gasteiger partial charge in [0.05, 0.1) is 0 Å². The Bertz CT molecular complexity index is 289. The maximum atomic E-state index is 12.3. The van der Waals surface area contributed by atoms with E-state index in [0.717, 1.165) is 44.3 Å². The quantitative estimate of drug-likeness (QED) is 0.821. The van der Waals surface area contributed by atoms with Gasteiger partial charge < -0.3 is 10.6 Å². The SMILES string of the molecule is CCC1CCC(CNC(=O)C2(C)CCNCC2)CC1. The van der Waals surface area contributed by atoms with E-state index < -0.39 is 0 Å². The van der Waals surface area contributed by atoms with Crippen LogP contribution in [-0.2, 0) is 4.79 Å². The van der Waals surface area contributed by atoms with Crippen molar-refractivity contribution in [1.82, 2.24) is 10.6 Å². The topological polar surface area (TPSA) is 41.1 Å². The van der Waals surface area contributed by atoms with Crippen molar-refractivity contribution >= 4 is 5.91 Å². The summed E-state index contributed by atoms with van der Waals surface area (Å²) in [5.74, 6) is 1.94. The van der Waals surface area contributed by atoms with Crippen molar-refractivity contribution < 1.29 is 4.79 Å². The number of rotatable bonds is 4. The largest absolute Gasteiger partial charge is 0.355 e. The molecule has 2 rings (SSSR count). The Balaban J connectivity index is 1.71. The van der Waals surface area contributed by atoms with E-state index in [0.29, 0.717) is 0 Å². The van der Waals surface area contributed by atoms with Crippen LogP contribution in [0.15, 0.2) is 0 Å². The molecule has 0 radical (unpaired) electrons. The van der Waals surface area contributed by atoms with Crippen molar-refractivity contribution in [2.24, 2.45) is 17.3 Å². The molecule has 3 nitrogen and oxygen atoms in total. The second-order valence-corrected chi connectivity index (χ2v) is 6.82. The number of piperidine rings is 1. The molecule has 19 heavy (non-hydrogen) atoms. The minimum Gasteiger partial charge on any atom is -0.355 e. The van der Waals surface area contributed by atoms with Gasteiger partial charge in [0.15, 0.2) is 0 Å². The molecule has 1 saturated carbocycles. The van der Waals surface area contributed by atoms with Crippen molar-refractivity contribution in [3.63, 3.8) is 0 Å². The van der Waals surface area contributed by atoms with Gasteiger partial charge in [-0.3, -0.25) is 4.79 Å². The number of carbonyl (C=O) groups excluding carboxylic acids is 1. The standard InChI is InChI=1S/C16H30N2O/c1-3-13-4-6-14(7-5-13)12-18-15(19)16(2)8-10-17-11-9-16/h13-14,17H,3-12H2,1-2H3,(H,18,19). The molecule has 0 unspecified atom stereocenters. The molecule has 1 aliphatic carbocycles. The molecule has 3 heteroatoms. The summed E-state index contributed by atoms with van der Waals surface area (Å²) in [5, 5.41) is 6.56. The molecule has 110 valence electrons. The van der Waals surface area contributed by atoms with Gasteiger partial charge in [-0.15, -0.1) is 0 Å². The molecule has 2 fully saturated rings. The smallest absolute Gasteiger partial charge is 0.226 e. The van der Waals surface area contributed by atoms with Crippen LogP contribution in [0.25, 0.3) is 0 Å². The van der Waals surface area contributed by atoms with Gasteiger partial charge in [-0.25, -0.2) is 0 Å². The third-order valence-corrected chi connectivity index (χ3v) is 5.35.